The molecule has 2 rings (SSSR count). The molecule has 1 aromatic rings. The summed E-state index contributed by atoms with van der Waals surface area (Å²) in [6, 6.07) is 9.36. The molecule has 1 saturated heterocycles. The number of nitrogens with one attached hydrogen (secondary N) is 1. The number of anilines is 1. The largest absolute Gasteiger partial charge is 0.361 e. The molecule has 0 saturated carbocycles. The van der Waals surface area contributed by atoms with Crippen molar-refractivity contribution in [3.63, 3.8) is 0 Å². The molecule has 1 N–H and O–H groups in total. The third kappa shape index (κ3) is 2.32. The third-order valence-electron chi connectivity index (χ3n) is 3.72. The lowest BCUT2D eigenvalue weighted by Gasteiger charge is -2.49. The first-order chi connectivity index (χ1) is 8.06. The van der Waals surface area contributed by atoms with E-state index in [1.165, 1.54) is 11.3 Å². The fraction of sp³-hybridized carbons (Fsp3) is 0.600. The fourth-order valence-corrected chi connectivity index (χ4v) is 2.97. The number of benzene rings is 1. The number of para-hydroxylation sites is 1. The van der Waals surface area contributed by atoms with E-state index in [9.17, 15) is 0 Å². The average Bonchev–Trinajstić information content (AvgIpc) is 2.28. The van der Waals surface area contributed by atoms with Crippen LogP contribution in [0.5, 0.6) is 0 Å². The van der Waals surface area contributed by atoms with Crippen molar-refractivity contribution in [1.82, 2.24) is 5.32 Å². The van der Waals surface area contributed by atoms with Gasteiger partial charge in [-0.1, -0.05) is 25.1 Å². The maximum atomic E-state index is 3.52. The first-order valence-corrected chi connectivity index (χ1v) is 6.64. The molecule has 1 aromatic carbocycles. The summed E-state index contributed by atoms with van der Waals surface area (Å²) in [5.74, 6) is 0. The molecule has 1 fully saturated rings. The van der Waals surface area contributed by atoms with Crippen LogP contribution in [0, 0.1) is 0 Å². The highest BCUT2D eigenvalue weighted by Gasteiger charge is 2.34. The van der Waals surface area contributed by atoms with Crippen molar-refractivity contribution < 1.29 is 0 Å². The highest BCUT2D eigenvalue weighted by Crippen LogP contribution is 2.31. The number of hydrogen-bond acceptors (Lipinski definition) is 2. The minimum atomic E-state index is 0.183. The standard InChI is InChI=1S/C15H24N2/c1-5-13-8-6-7-9-14(13)17-12(2)10-16-11-15(17,3)4/h6-9,12,16H,5,10-11H2,1-4H3. The van der Waals surface area contributed by atoms with Crippen LogP contribution in [0.15, 0.2) is 24.3 Å². The topological polar surface area (TPSA) is 15.3 Å². The van der Waals surface area contributed by atoms with Gasteiger partial charge >= 0.3 is 0 Å². The van der Waals surface area contributed by atoms with Crippen LogP contribution < -0.4 is 10.2 Å². The highest BCUT2D eigenvalue weighted by atomic mass is 15.3. The molecular formula is C15H24N2. The van der Waals surface area contributed by atoms with E-state index in [4.69, 9.17) is 0 Å². The predicted octanol–water partition coefficient (Wildman–Crippen LogP) is 2.83. The van der Waals surface area contributed by atoms with Gasteiger partial charge in [-0.05, 0) is 38.8 Å². The van der Waals surface area contributed by atoms with Gasteiger partial charge in [0.05, 0.1) is 0 Å². The van der Waals surface area contributed by atoms with Gasteiger partial charge in [0.25, 0.3) is 0 Å². The van der Waals surface area contributed by atoms with Crippen LogP contribution in [0.25, 0.3) is 0 Å². The summed E-state index contributed by atoms with van der Waals surface area (Å²) in [6.45, 7) is 11.3. The smallest absolute Gasteiger partial charge is 0.0473 e. The lowest BCUT2D eigenvalue weighted by atomic mass is 9.94. The van der Waals surface area contributed by atoms with Crippen molar-refractivity contribution >= 4 is 5.69 Å². The van der Waals surface area contributed by atoms with Gasteiger partial charge in [-0.25, -0.2) is 0 Å². The van der Waals surface area contributed by atoms with E-state index in [-0.39, 0.29) is 5.54 Å². The van der Waals surface area contributed by atoms with E-state index in [2.05, 4.69) is 62.2 Å². The van der Waals surface area contributed by atoms with E-state index in [0.29, 0.717) is 6.04 Å². The minimum absolute atomic E-state index is 0.183. The van der Waals surface area contributed by atoms with Crippen LogP contribution in [0.4, 0.5) is 5.69 Å². The Morgan fingerprint density at radius 3 is 2.71 bits per heavy atom. The number of nitrogens with zero attached hydrogens (tertiary/aromatic N) is 1. The van der Waals surface area contributed by atoms with Crippen molar-refractivity contribution in [2.75, 3.05) is 18.0 Å². The molecule has 1 unspecified atom stereocenters. The van der Waals surface area contributed by atoms with Gasteiger partial charge in [0.2, 0.25) is 0 Å². The second kappa shape index (κ2) is 4.69. The van der Waals surface area contributed by atoms with Crippen LogP contribution in [-0.2, 0) is 6.42 Å². The molecule has 2 nitrogen and oxygen atoms in total. The summed E-state index contributed by atoms with van der Waals surface area (Å²) in [5.41, 5.74) is 3.05. The highest BCUT2D eigenvalue weighted by molar-refractivity contribution is 5.57. The van der Waals surface area contributed by atoms with Crippen molar-refractivity contribution in [3.05, 3.63) is 29.8 Å². The molecule has 0 bridgehead atoms. The van der Waals surface area contributed by atoms with E-state index in [1.807, 2.05) is 0 Å². The molecule has 17 heavy (non-hydrogen) atoms. The molecule has 0 spiro atoms. The third-order valence-corrected chi connectivity index (χ3v) is 3.72. The maximum absolute atomic E-state index is 3.52. The van der Waals surface area contributed by atoms with Gasteiger partial charge in [0.15, 0.2) is 0 Å². The molecular weight excluding hydrogens is 208 g/mol. The molecule has 0 aromatic heterocycles. The number of hydrogen-bond donors (Lipinski definition) is 1. The summed E-state index contributed by atoms with van der Waals surface area (Å²) < 4.78 is 0. The Morgan fingerprint density at radius 1 is 1.35 bits per heavy atom. The van der Waals surface area contributed by atoms with Crippen LogP contribution in [0.1, 0.15) is 33.3 Å². The monoisotopic (exact) mass is 232 g/mol. The Bertz CT molecular complexity index is 384. The summed E-state index contributed by atoms with van der Waals surface area (Å²) in [7, 11) is 0. The Kier molecular flexibility index (Phi) is 3.43. The zero-order valence-electron chi connectivity index (χ0n) is 11.5. The first-order valence-electron chi connectivity index (χ1n) is 6.64. The zero-order chi connectivity index (χ0) is 12.5. The Labute approximate surface area is 105 Å². The van der Waals surface area contributed by atoms with Crippen molar-refractivity contribution in [2.45, 2.75) is 45.7 Å². The second-order valence-electron chi connectivity index (χ2n) is 5.64. The number of piperazine rings is 1. The van der Waals surface area contributed by atoms with Gasteiger partial charge in [-0.2, -0.15) is 0 Å². The molecule has 94 valence electrons. The summed E-state index contributed by atoms with van der Waals surface area (Å²) in [6.07, 6.45) is 1.10. The molecule has 1 heterocycles. The van der Waals surface area contributed by atoms with Crippen molar-refractivity contribution in [1.29, 1.82) is 0 Å². The molecule has 0 radical (unpaired) electrons. The van der Waals surface area contributed by atoms with E-state index in [0.717, 1.165) is 19.5 Å². The van der Waals surface area contributed by atoms with E-state index >= 15 is 0 Å². The Balaban J connectivity index is 2.42. The van der Waals surface area contributed by atoms with Gasteiger partial charge in [-0.3, -0.25) is 0 Å². The average molecular weight is 232 g/mol. The number of aryl methyl sites for hydroxylation is 1. The Morgan fingerprint density at radius 2 is 2.06 bits per heavy atom. The predicted molar refractivity (Wildman–Crippen MR) is 74.7 cm³/mol. The molecule has 1 aliphatic rings. The van der Waals surface area contributed by atoms with Gasteiger partial charge in [0.1, 0.15) is 0 Å². The van der Waals surface area contributed by atoms with Gasteiger partial charge in [-0.15, -0.1) is 0 Å². The molecule has 2 heteroatoms. The van der Waals surface area contributed by atoms with E-state index < -0.39 is 0 Å². The summed E-state index contributed by atoms with van der Waals surface area (Å²) in [4.78, 5) is 2.59. The quantitative estimate of drug-likeness (QED) is 0.843. The summed E-state index contributed by atoms with van der Waals surface area (Å²) in [5, 5.41) is 3.52. The van der Waals surface area contributed by atoms with Crippen LogP contribution in [0.2, 0.25) is 0 Å². The van der Waals surface area contributed by atoms with Crippen LogP contribution >= 0.6 is 0 Å². The Hall–Kier alpha value is -1.02. The lowest BCUT2D eigenvalue weighted by molar-refractivity contribution is 0.333. The number of rotatable bonds is 2. The second-order valence-corrected chi connectivity index (χ2v) is 5.64. The lowest BCUT2D eigenvalue weighted by Crippen LogP contribution is -2.62. The van der Waals surface area contributed by atoms with Crippen molar-refractivity contribution in [3.8, 4) is 0 Å². The van der Waals surface area contributed by atoms with E-state index in [1.54, 1.807) is 0 Å². The van der Waals surface area contributed by atoms with Crippen LogP contribution in [-0.4, -0.2) is 24.7 Å². The first kappa shape index (κ1) is 12.4. The van der Waals surface area contributed by atoms with Crippen LogP contribution in [0.3, 0.4) is 0 Å². The molecule has 0 aliphatic carbocycles. The molecule has 1 atom stereocenters. The minimum Gasteiger partial charge on any atom is -0.361 e. The zero-order valence-corrected chi connectivity index (χ0v) is 11.5. The molecule has 1 aliphatic heterocycles. The van der Waals surface area contributed by atoms with Crippen molar-refractivity contribution in [2.24, 2.45) is 0 Å². The normalized spacial score (nSPS) is 23.8. The van der Waals surface area contributed by atoms with Gasteiger partial charge in [0, 0.05) is 30.4 Å². The fourth-order valence-electron chi connectivity index (χ4n) is 2.97. The molecule has 0 amide bonds. The SMILES string of the molecule is CCc1ccccc1N1C(C)CNCC1(C)C. The van der Waals surface area contributed by atoms with Gasteiger partial charge < -0.3 is 10.2 Å². The maximum Gasteiger partial charge on any atom is 0.0473 e. The summed E-state index contributed by atoms with van der Waals surface area (Å²) >= 11 is 0.